The number of rotatable bonds is 5. The van der Waals surface area contributed by atoms with E-state index in [1.165, 1.54) is 7.11 Å². The molecule has 1 heterocycles. The number of nitrogens with one attached hydrogen (secondary N) is 1. The summed E-state index contributed by atoms with van der Waals surface area (Å²) in [7, 11) is 1.32. The Bertz CT molecular complexity index is 894. The fourth-order valence-corrected chi connectivity index (χ4v) is 2.80. The van der Waals surface area contributed by atoms with Crippen molar-refractivity contribution in [1.82, 2.24) is 0 Å². The van der Waals surface area contributed by atoms with E-state index in [2.05, 4.69) is 5.32 Å². The topological polar surface area (TPSA) is 84.9 Å². The lowest BCUT2D eigenvalue weighted by molar-refractivity contribution is -0.121. The van der Waals surface area contributed by atoms with Gasteiger partial charge in [0.05, 0.1) is 24.9 Å². The molecule has 0 aliphatic carbocycles. The van der Waals surface area contributed by atoms with Gasteiger partial charge in [0.1, 0.15) is 5.75 Å². The number of amides is 2. The van der Waals surface area contributed by atoms with E-state index in [4.69, 9.17) is 9.47 Å². The molecule has 7 heteroatoms. The number of carbonyl (C=O) groups is 3. The molecule has 1 aliphatic heterocycles. The lowest BCUT2D eigenvalue weighted by Crippen LogP contribution is -2.38. The highest BCUT2D eigenvalue weighted by atomic mass is 16.5. The molecule has 27 heavy (non-hydrogen) atoms. The summed E-state index contributed by atoms with van der Waals surface area (Å²) >= 11 is 0. The maximum absolute atomic E-state index is 12.4. The number of nitrogens with zero attached hydrogens (tertiary/aromatic N) is 1. The van der Waals surface area contributed by atoms with Crippen LogP contribution in [0.3, 0.4) is 0 Å². The van der Waals surface area contributed by atoms with Crippen molar-refractivity contribution in [2.24, 2.45) is 0 Å². The van der Waals surface area contributed by atoms with Gasteiger partial charge in [-0.05, 0) is 35.9 Å². The fraction of sp³-hybridized carbons (Fsp3) is 0.250. The van der Waals surface area contributed by atoms with Gasteiger partial charge in [-0.1, -0.05) is 19.1 Å². The zero-order chi connectivity index (χ0) is 19.4. The lowest BCUT2D eigenvalue weighted by atomic mass is 10.1. The van der Waals surface area contributed by atoms with Crippen molar-refractivity contribution in [3.05, 3.63) is 53.6 Å². The first-order valence-corrected chi connectivity index (χ1v) is 8.56. The van der Waals surface area contributed by atoms with Crippen molar-refractivity contribution in [3.63, 3.8) is 0 Å². The summed E-state index contributed by atoms with van der Waals surface area (Å²) < 4.78 is 10.2. The zero-order valence-corrected chi connectivity index (χ0v) is 15.2. The van der Waals surface area contributed by atoms with Gasteiger partial charge < -0.3 is 19.7 Å². The van der Waals surface area contributed by atoms with Crippen molar-refractivity contribution in [2.75, 3.05) is 23.9 Å². The molecule has 0 unspecified atom stereocenters. The van der Waals surface area contributed by atoms with Crippen molar-refractivity contribution in [1.29, 1.82) is 0 Å². The first-order chi connectivity index (χ1) is 13.0. The average Bonchev–Trinajstić information content (AvgIpc) is 2.69. The van der Waals surface area contributed by atoms with Gasteiger partial charge in [0.2, 0.25) is 5.91 Å². The number of methoxy groups -OCH3 is 1. The van der Waals surface area contributed by atoms with Crippen molar-refractivity contribution < 1.29 is 23.9 Å². The number of ether oxygens (including phenoxy) is 2. The second-order valence-electron chi connectivity index (χ2n) is 6.04. The Labute approximate surface area is 156 Å². The van der Waals surface area contributed by atoms with Gasteiger partial charge in [-0.2, -0.15) is 0 Å². The molecule has 2 aromatic carbocycles. The summed E-state index contributed by atoms with van der Waals surface area (Å²) in [5.74, 6) is -0.191. The molecule has 140 valence electrons. The van der Waals surface area contributed by atoms with Gasteiger partial charge in [0.15, 0.2) is 6.61 Å². The van der Waals surface area contributed by atoms with Crippen LogP contribution in [0.1, 0.15) is 29.3 Å². The molecular formula is C20H20N2O5. The van der Waals surface area contributed by atoms with E-state index in [0.29, 0.717) is 29.1 Å². The smallest absolute Gasteiger partial charge is 0.337 e. The Balaban J connectivity index is 1.90. The molecule has 2 aromatic rings. The SMILES string of the molecule is CCC(=O)Nc1ccc2c(c1)N(Cc1cccc(C(=O)OC)c1)C(=O)CO2. The standard InChI is InChI=1S/C20H20N2O5/c1-3-18(23)21-15-7-8-17-16(10-15)22(19(24)12-27-17)11-13-5-4-6-14(9-13)20(25)26-2/h4-10H,3,11-12H2,1-2H3,(H,21,23). The highest BCUT2D eigenvalue weighted by Crippen LogP contribution is 2.35. The van der Waals surface area contributed by atoms with Gasteiger partial charge in [-0.15, -0.1) is 0 Å². The van der Waals surface area contributed by atoms with E-state index >= 15 is 0 Å². The molecule has 0 spiro atoms. The number of carbonyl (C=O) groups excluding carboxylic acids is 3. The normalized spacial score (nSPS) is 12.8. The molecule has 0 saturated heterocycles. The van der Waals surface area contributed by atoms with Crippen LogP contribution in [0.4, 0.5) is 11.4 Å². The monoisotopic (exact) mass is 368 g/mol. The van der Waals surface area contributed by atoms with Crippen LogP contribution in [-0.2, 0) is 20.9 Å². The summed E-state index contributed by atoms with van der Waals surface area (Å²) in [5, 5.41) is 2.78. The fourth-order valence-electron chi connectivity index (χ4n) is 2.80. The predicted molar refractivity (Wildman–Crippen MR) is 99.8 cm³/mol. The largest absolute Gasteiger partial charge is 0.482 e. The Kier molecular flexibility index (Phi) is 5.40. The Morgan fingerprint density at radius 1 is 1.22 bits per heavy atom. The van der Waals surface area contributed by atoms with Crippen molar-refractivity contribution >= 4 is 29.2 Å². The minimum absolute atomic E-state index is 0.0651. The van der Waals surface area contributed by atoms with Crippen LogP contribution in [-0.4, -0.2) is 31.5 Å². The van der Waals surface area contributed by atoms with E-state index in [9.17, 15) is 14.4 Å². The predicted octanol–water partition coefficient (Wildman–Crippen LogP) is 2.75. The summed E-state index contributed by atoms with van der Waals surface area (Å²) in [6.45, 7) is 1.97. The molecule has 0 radical (unpaired) electrons. The molecule has 0 fully saturated rings. The molecule has 7 nitrogen and oxygen atoms in total. The second kappa shape index (κ2) is 7.90. The van der Waals surface area contributed by atoms with Gasteiger partial charge >= 0.3 is 5.97 Å². The third-order valence-corrected chi connectivity index (χ3v) is 4.20. The first kappa shape index (κ1) is 18.4. The average molecular weight is 368 g/mol. The van der Waals surface area contributed by atoms with Crippen LogP contribution in [0.2, 0.25) is 0 Å². The Morgan fingerprint density at radius 3 is 2.78 bits per heavy atom. The van der Waals surface area contributed by atoms with E-state index in [1.54, 1.807) is 48.2 Å². The highest BCUT2D eigenvalue weighted by Gasteiger charge is 2.26. The van der Waals surface area contributed by atoms with E-state index < -0.39 is 5.97 Å². The van der Waals surface area contributed by atoms with Crippen LogP contribution in [0.25, 0.3) is 0 Å². The maximum Gasteiger partial charge on any atom is 0.337 e. The molecule has 3 rings (SSSR count). The van der Waals surface area contributed by atoms with Crippen molar-refractivity contribution in [3.8, 4) is 5.75 Å². The second-order valence-corrected chi connectivity index (χ2v) is 6.04. The first-order valence-electron chi connectivity index (χ1n) is 8.56. The highest BCUT2D eigenvalue weighted by molar-refractivity contribution is 5.99. The number of hydrogen-bond acceptors (Lipinski definition) is 5. The van der Waals surface area contributed by atoms with Crippen LogP contribution < -0.4 is 15.0 Å². The number of hydrogen-bond donors (Lipinski definition) is 1. The maximum atomic E-state index is 12.4. The number of esters is 1. The molecule has 1 aliphatic rings. The minimum atomic E-state index is -0.435. The third-order valence-electron chi connectivity index (χ3n) is 4.20. The molecule has 0 bridgehead atoms. The van der Waals surface area contributed by atoms with Gasteiger partial charge in [0, 0.05) is 12.1 Å². The number of fused-ring (bicyclic) bond motifs is 1. The van der Waals surface area contributed by atoms with E-state index in [0.717, 1.165) is 5.56 Å². The van der Waals surface area contributed by atoms with Gasteiger partial charge in [0.25, 0.3) is 5.91 Å². The van der Waals surface area contributed by atoms with Gasteiger partial charge in [-0.25, -0.2) is 4.79 Å². The summed E-state index contributed by atoms with van der Waals surface area (Å²) in [6.07, 6.45) is 0.358. The summed E-state index contributed by atoms with van der Waals surface area (Å²) in [6, 6.07) is 12.1. The molecular weight excluding hydrogens is 348 g/mol. The minimum Gasteiger partial charge on any atom is -0.482 e. The van der Waals surface area contributed by atoms with E-state index in [-0.39, 0.29) is 25.0 Å². The van der Waals surface area contributed by atoms with Gasteiger partial charge in [-0.3, -0.25) is 9.59 Å². The van der Waals surface area contributed by atoms with Crippen LogP contribution in [0.15, 0.2) is 42.5 Å². The Hall–Kier alpha value is -3.35. The summed E-state index contributed by atoms with van der Waals surface area (Å²) in [5.41, 5.74) is 2.36. The number of benzene rings is 2. The van der Waals surface area contributed by atoms with E-state index in [1.807, 2.05) is 6.07 Å². The zero-order valence-electron chi connectivity index (χ0n) is 15.2. The molecule has 1 N–H and O–H groups in total. The quantitative estimate of drug-likeness (QED) is 0.821. The molecule has 0 atom stereocenters. The molecule has 2 amide bonds. The van der Waals surface area contributed by atoms with Crippen LogP contribution in [0, 0.1) is 0 Å². The molecule has 0 aromatic heterocycles. The number of anilines is 2. The van der Waals surface area contributed by atoms with Crippen LogP contribution >= 0.6 is 0 Å². The lowest BCUT2D eigenvalue weighted by Gasteiger charge is -2.30. The van der Waals surface area contributed by atoms with Crippen LogP contribution in [0.5, 0.6) is 5.75 Å². The summed E-state index contributed by atoms with van der Waals surface area (Å²) in [4.78, 5) is 37.4. The molecule has 0 saturated carbocycles. The van der Waals surface area contributed by atoms with Crippen molar-refractivity contribution in [2.45, 2.75) is 19.9 Å². The third kappa shape index (κ3) is 4.08. The Morgan fingerprint density at radius 2 is 2.04 bits per heavy atom.